The van der Waals surface area contributed by atoms with Gasteiger partial charge in [0.05, 0.1) is 22.1 Å². The highest BCUT2D eigenvalue weighted by atomic mass is 35.5. The molecule has 0 fully saturated rings. The minimum atomic E-state index is -1.10. The Morgan fingerprint density at radius 2 is 1.90 bits per heavy atom. The van der Waals surface area contributed by atoms with Gasteiger partial charge in [-0.15, -0.1) is 0 Å². The Morgan fingerprint density at radius 3 is 2.57 bits per heavy atom. The highest BCUT2D eigenvalue weighted by Crippen LogP contribution is 2.26. The molecular weight excluding hydrogens is 290 g/mol. The van der Waals surface area contributed by atoms with Gasteiger partial charge in [0.1, 0.15) is 0 Å². The topological polar surface area (TPSA) is 68.0 Å². The molecule has 5 nitrogen and oxygen atoms in total. The van der Waals surface area contributed by atoms with Crippen molar-refractivity contribution in [2.45, 2.75) is 0 Å². The highest BCUT2D eigenvalue weighted by molar-refractivity contribution is 6.32. The zero-order chi connectivity index (χ0) is 14.8. The molecule has 0 amide bonds. The summed E-state index contributed by atoms with van der Waals surface area (Å²) >= 11 is 6.18. The quantitative estimate of drug-likeness (QED) is 0.806. The van der Waals surface area contributed by atoms with Crippen LogP contribution in [0.4, 0.5) is 0 Å². The van der Waals surface area contributed by atoms with Crippen LogP contribution in [0.3, 0.4) is 0 Å². The second-order valence-corrected chi connectivity index (χ2v) is 4.71. The average molecular weight is 300 g/mol. The maximum atomic E-state index is 11.2. The number of nitrogens with zero attached hydrogens (tertiary/aromatic N) is 3. The molecule has 0 saturated carbocycles. The zero-order valence-corrected chi connectivity index (χ0v) is 11.5. The Labute approximate surface area is 125 Å². The lowest BCUT2D eigenvalue weighted by molar-refractivity contribution is 0.0690. The molecule has 0 aliphatic heterocycles. The first-order valence-corrected chi connectivity index (χ1v) is 6.54. The number of halogens is 1. The van der Waals surface area contributed by atoms with Crippen LogP contribution in [0.1, 0.15) is 10.5 Å². The van der Waals surface area contributed by atoms with Gasteiger partial charge in [-0.1, -0.05) is 29.8 Å². The van der Waals surface area contributed by atoms with Gasteiger partial charge in [-0.3, -0.25) is 4.98 Å². The summed E-state index contributed by atoms with van der Waals surface area (Å²) in [5, 5.41) is 13.7. The summed E-state index contributed by atoms with van der Waals surface area (Å²) in [6, 6.07) is 14.0. The van der Waals surface area contributed by atoms with Gasteiger partial charge in [0.2, 0.25) is 0 Å². The molecule has 3 rings (SSSR count). The van der Waals surface area contributed by atoms with Gasteiger partial charge in [-0.2, -0.15) is 5.10 Å². The Hall–Kier alpha value is -2.66. The lowest BCUT2D eigenvalue weighted by Crippen LogP contribution is -2.03. The second-order valence-electron chi connectivity index (χ2n) is 4.30. The highest BCUT2D eigenvalue weighted by Gasteiger charge is 2.17. The van der Waals surface area contributed by atoms with E-state index in [2.05, 4.69) is 10.1 Å². The molecule has 2 aromatic heterocycles. The average Bonchev–Trinajstić information content (AvgIpc) is 2.94. The summed E-state index contributed by atoms with van der Waals surface area (Å²) < 4.78 is 1.49. The van der Waals surface area contributed by atoms with Gasteiger partial charge in [-0.25, -0.2) is 9.48 Å². The first-order chi connectivity index (χ1) is 10.2. The summed E-state index contributed by atoms with van der Waals surface area (Å²) in [6.45, 7) is 0. The van der Waals surface area contributed by atoms with E-state index in [4.69, 9.17) is 16.7 Å². The molecule has 0 radical (unpaired) electrons. The lowest BCUT2D eigenvalue weighted by atomic mass is 10.2. The normalized spacial score (nSPS) is 10.5. The maximum Gasteiger partial charge on any atom is 0.356 e. The van der Waals surface area contributed by atoms with E-state index in [1.807, 2.05) is 12.1 Å². The number of hydrogen-bond acceptors (Lipinski definition) is 3. The van der Waals surface area contributed by atoms with E-state index >= 15 is 0 Å². The number of carbonyl (C=O) groups is 1. The minimum Gasteiger partial charge on any atom is -0.476 e. The van der Waals surface area contributed by atoms with Gasteiger partial charge < -0.3 is 5.11 Å². The Morgan fingerprint density at radius 1 is 1.14 bits per heavy atom. The molecule has 6 heteroatoms. The number of aromatic carboxylic acids is 1. The van der Waals surface area contributed by atoms with Crippen LogP contribution in [-0.4, -0.2) is 25.8 Å². The molecule has 1 N–H and O–H groups in total. The molecule has 0 spiro atoms. The lowest BCUT2D eigenvalue weighted by Gasteiger charge is -2.08. The number of carboxylic acids is 1. The number of pyridine rings is 1. The number of hydrogen-bond donors (Lipinski definition) is 1. The van der Waals surface area contributed by atoms with E-state index in [1.165, 1.54) is 10.7 Å². The molecule has 0 atom stereocenters. The van der Waals surface area contributed by atoms with Crippen molar-refractivity contribution < 1.29 is 9.90 Å². The Balaban J connectivity index is 2.24. The van der Waals surface area contributed by atoms with Crippen LogP contribution in [0.2, 0.25) is 5.02 Å². The fourth-order valence-electron chi connectivity index (χ4n) is 1.99. The summed E-state index contributed by atoms with van der Waals surface area (Å²) in [4.78, 5) is 15.4. The summed E-state index contributed by atoms with van der Waals surface area (Å²) in [7, 11) is 0. The first kappa shape index (κ1) is 13.3. The number of carboxylic acid groups (broad SMARTS) is 1. The van der Waals surface area contributed by atoms with E-state index < -0.39 is 5.97 Å². The zero-order valence-electron chi connectivity index (χ0n) is 10.8. The first-order valence-electron chi connectivity index (χ1n) is 6.16. The van der Waals surface area contributed by atoms with Crippen LogP contribution < -0.4 is 0 Å². The van der Waals surface area contributed by atoms with E-state index in [9.17, 15) is 4.79 Å². The molecule has 1 aromatic carbocycles. The van der Waals surface area contributed by atoms with Crippen LogP contribution in [-0.2, 0) is 0 Å². The number of para-hydroxylation sites is 1. The van der Waals surface area contributed by atoms with Crippen molar-refractivity contribution in [2.75, 3.05) is 0 Å². The summed E-state index contributed by atoms with van der Waals surface area (Å²) in [6.07, 6.45) is 1.64. The van der Waals surface area contributed by atoms with Crippen LogP contribution in [0, 0.1) is 0 Å². The molecule has 2 heterocycles. The Bertz CT molecular complexity index is 800. The molecule has 3 aromatic rings. The number of aromatic nitrogens is 3. The van der Waals surface area contributed by atoms with Gasteiger partial charge in [0.15, 0.2) is 5.69 Å². The van der Waals surface area contributed by atoms with Crippen molar-refractivity contribution in [3.63, 3.8) is 0 Å². The molecule has 21 heavy (non-hydrogen) atoms. The van der Waals surface area contributed by atoms with Crippen molar-refractivity contribution in [1.82, 2.24) is 14.8 Å². The molecule has 0 saturated heterocycles. The van der Waals surface area contributed by atoms with Crippen molar-refractivity contribution in [2.24, 2.45) is 0 Å². The van der Waals surface area contributed by atoms with Crippen LogP contribution in [0.15, 0.2) is 54.7 Å². The fourth-order valence-corrected chi connectivity index (χ4v) is 2.21. The minimum absolute atomic E-state index is 0.0597. The van der Waals surface area contributed by atoms with Gasteiger partial charge >= 0.3 is 5.97 Å². The van der Waals surface area contributed by atoms with Crippen molar-refractivity contribution in [1.29, 1.82) is 0 Å². The second kappa shape index (κ2) is 5.38. The van der Waals surface area contributed by atoms with Crippen molar-refractivity contribution >= 4 is 17.6 Å². The predicted molar refractivity (Wildman–Crippen MR) is 78.8 cm³/mol. The van der Waals surface area contributed by atoms with Crippen molar-refractivity contribution in [3.05, 3.63) is 65.4 Å². The SMILES string of the molecule is O=C(O)c1cc(-c2ccccn2)n(-c2ccccc2Cl)n1. The summed E-state index contributed by atoms with van der Waals surface area (Å²) in [5.74, 6) is -1.10. The molecule has 0 aliphatic rings. The van der Waals surface area contributed by atoms with Gasteiger partial charge in [0, 0.05) is 12.3 Å². The van der Waals surface area contributed by atoms with Crippen LogP contribution in [0.25, 0.3) is 17.1 Å². The van der Waals surface area contributed by atoms with Crippen molar-refractivity contribution in [3.8, 4) is 17.1 Å². The van der Waals surface area contributed by atoms with Gasteiger partial charge in [-0.05, 0) is 24.3 Å². The van der Waals surface area contributed by atoms with E-state index in [1.54, 1.807) is 36.5 Å². The fraction of sp³-hybridized carbons (Fsp3) is 0. The van der Waals surface area contributed by atoms with E-state index in [-0.39, 0.29) is 5.69 Å². The van der Waals surface area contributed by atoms with Gasteiger partial charge in [0.25, 0.3) is 0 Å². The monoisotopic (exact) mass is 299 g/mol. The third-order valence-corrected chi connectivity index (χ3v) is 3.26. The van der Waals surface area contributed by atoms with Crippen LogP contribution >= 0.6 is 11.6 Å². The molecule has 0 unspecified atom stereocenters. The van der Waals surface area contributed by atoms with E-state index in [0.29, 0.717) is 22.1 Å². The maximum absolute atomic E-state index is 11.2. The third kappa shape index (κ3) is 2.51. The smallest absolute Gasteiger partial charge is 0.356 e. The number of rotatable bonds is 3. The third-order valence-electron chi connectivity index (χ3n) is 2.94. The standard InChI is InChI=1S/C15H10ClN3O2/c16-10-5-1-2-7-13(10)19-14(9-12(18-19)15(20)21)11-6-3-4-8-17-11/h1-9H,(H,20,21). The molecular formula is C15H10ClN3O2. The predicted octanol–water partition coefficient (Wildman–Crippen LogP) is 3.29. The molecule has 0 aliphatic carbocycles. The number of benzene rings is 1. The summed E-state index contributed by atoms with van der Waals surface area (Å²) in [5.41, 5.74) is 1.74. The Kier molecular flexibility index (Phi) is 3.41. The molecule has 0 bridgehead atoms. The molecule has 104 valence electrons. The van der Waals surface area contributed by atoms with E-state index in [0.717, 1.165) is 0 Å². The largest absolute Gasteiger partial charge is 0.476 e. The van der Waals surface area contributed by atoms with Crippen LogP contribution in [0.5, 0.6) is 0 Å².